The van der Waals surface area contributed by atoms with Crippen LogP contribution in [0.25, 0.3) is 10.3 Å². The second-order valence-electron chi connectivity index (χ2n) is 4.11. The van der Waals surface area contributed by atoms with E-state index in [0.717, 1.165) is 10.3 Å². The van der Waals surface area contributed by atoms with Crippen LogP contribution < -0.4 is 0 Å². The molecule has 0 saturated heterocycles. The summed E-state index contributed by atoms with van der Waals surface area (Å²) in [6.07, 6.45) is 3.48. The van der Waals surface area contributed by atoms with Gasteiger partial charge in [0.1, 0.15) is 4.83 Å². The van der Waals surface area contributed by atoms with Crippen LogP contribution in [0.5, 0.6) is 0 Å². The van der Waals surface area contributed by atoms with Crippen molar-refractivity contribution in [2.75, 3.05) is 0 Å². The fourth-order valence-electron chi connectivity index (χ4n) is 1.14. The fraction of sp³-hybridized carbons (Fsp3) is 0.400. The fourth-order valence-corrected chi connectivity index (χ4v) is 2.16. The third-order valence-electron chi connectivity index (χ3n) is 1.90. The zero-order chi connectivity index (χ0) is 9.47. The SMILES string of the molecule is CC(C)(C)c1cc2nccnc2s1. The maximum Gasteiger partial charge on any atom is 0.142 e. The first-order valence-electron chi connectivity index (χ1n) is 4.28. The minimum Gasteiger partial charge on any atom is -0.252 e. The van der Waals surface area contributed by atoms with Gasteiger partial charge in [0.15, 0.2) is 0 Å². The molecule has 0 atom stereocenters. The third kappa shape index (κ3) is 1.56. The number of nitrogens with zero attached hydrogens (tertiary/aromatic N) is 2. The number of rotatable bonds is 0. The van der Waals surface area contributed by atoms with Crippen LogP contribution in [0.4, 0.5) is 0 Å². The molecule has 3 heteroatoms. The number of thiophene rings is 1. The molecule has 0 saturated carbocycles. The van der Waals surface area contributed by atoms with Crippen LogP contribution in [-0.4, -0.2) is 9.97 Å². The van der Waals surface area contributed by atoms with Crippen LogP contribution in [0.15, 0.2) is 18.5 Å². The van der Waals surface area contributed by atoms with Gasteiger partial charge in [-0.05, 0) is 11.5 Å². The lowest BCUT2D eigenvalue weighted by molar-refractivity contribution is 0.604. The van der Waals surface area contributed by atoms with Gasteiger partial charge in [-0.15, -0.1) is 11.3 Å². The smallest absolute Gasteiger partial charge is 0.142 e. The first kappa shape index (κ1) is 8.63. The molecule has 0 aliphatic carbocycles. The summed E-state index contributed by atoms with van der Waals surface area (Å²) >= 11 is 1.73. The van der Waals surface area contributed by atoms with Crippen molar-refractivity contribution in [1.82, 2.24) is 9.97 Å². The van der Waals surface area contributed by atoms with Gasteiger partial charge in [0.25, 0.3) is 0 Å². The molecule has 0 N–H and O–H groups in total. The Balaban J connectivity index is 2.63. The highest BCUT2D eigenvalue weighted by Gasteiger charge is 2.17. The summed E-state index contributed by atoms with van der Waals surface area (Å²) in [6, 6.07) is 2.13. The molecule has 0 radical (unpaired) electrons. The second-order valence-corrected chi connectivity index (χ2v) is 5.14. The molecule has 2 aromatic rings. The first-order chi connectivity index (χ1) is 6.07. The van der Waals surface area contributed by atoms with E-state index in [1.807, 2.05) is 0 Å². The van der Waals surface area contributed by atoms with E-state index in [4.69, 9.17) is 0 Å². The van der Waals surface area contributed by atoms with E-state index in [2.05, 4.69) is 36.8 Å². The van der Waals surface area contributed by atoms with Gasteiger partial charge in [-0.2, -0.15) is 0 Å². The lowest BCUT2D eigenvalue weighted by Gasteiger charge is -2.14. The quantitative estimate of drug-likeness (QED) is 0.641. The molecular formula is C10H12N2S. The van der Waals surface area contributed by atoms with Crippen molar-refractivity contribution in [2.45, 2.75) is 26.2 Å². The molecule has 2 rings (SSSR count). The van der Waals surface area contributed by atoms with Gasteiger partial charge >= 0.3 is 0 Å². The summed E-state index contributed by atoms with van der Waals surface area (Å²) in [5.41, 5.74) is 1.21. The monoisotopic (exact) mass is 192 g/mol. The molecule has 0 aliphatic heterocycles. The Morgan fingerprint density at radius 3 is 2.46 bits per heavy atom. The molecule has 68 valence electrons. The summed E-state index contributed by atoms with van der Waals surface area (Å²) in [5, 5.41) is 0. The number of hydrogen-bond acceptors (Lipinski definition) is 3. The molecule has 2 heterocycles. The highest BCUT2D eigenvalue weighted by Crippen LogP contribution is 2.31. The summed E-state index contributed by atoms with van der Waals surface area (Å²) in [6.45, 7) is 6.62. The van der Waals surface area contributed by atoms with Crippen molar-refractivity contribution in [1.29, 1.82) is 0 Å². The Hall–Kier alpha value is -0.960. The Kier molecular flexibility index (Phi) is 1.84. The first-order valence-corrected chi connectivity index (χ1v) is 5.10. The number of fused-ring (bicyclic) bond motifs is 1. The lowest BCUT2D eigenvalue weighted by atomic mass is 9.95. The van der Waals surface area contributed by atoms with Crippen LogP contribution in [0, 0.1) is 0 Å². The van der Waals surface area contributed by atoms with Crippen LogP contribution in [-0.2, 0) is 5.41 Å². The van der Waals surface area contributed by atoms with E-state index < -0.39 is 0 Å². The van der Waals surface area contributed by atoms with Crippen LogP contribution in [0.2, 0.25) is 0 Å². The Labute approximate surface area is 81.7 Å². The van der Waals surface area contributed by atoms with Gasteiger partial charge < -0.3 is 0 Å². The van der Waals surface area contributed by atoms with Crippen LogP contribution >= 0.6 is 11.3 Å². The summed E-state index contributed by atoms with van der Waals surface area (Å²) in [4.78, 5) is 10.9. The van der Waals surface area contributed by atoms with E-state index >= 15 is 0 Å². The molecule has 0 spiro atoms. The highest BCUT2D eigenvalue weighted by atomic mass is 32.1. The van der Waals surface area contributed by atoms with Gasteiger partial charge in [-0.1, -0.05) is 20.8 Å². The average Bonchev–Trinajstić information content (AvgIpc) is 2.45. The molecule has 2 nitrogen and oxygen atoms in total. The van der Waals surface area contributed by atoms with E-state index in [1.54, 1.807) is 23.7 Å². The predicted octanol–water partition coefficient (Wildman–Crippen LogP) is 2.99. The largest absolute Gasteiger partial charge is 0.252 e. The van der Waals surface area contributed by atoms with Crippen molar-refractivity contribution in [3.8, 4) is 0 Å². The van der Waals surface area contributed by atoms with Crippen molar-refractivity contribution in [2.24, 2.45) is 0 Å². The highest BCUT2D eigenvalue weighted by molar-refractivity contribution is 7.18. The maximum atomic E-state index is 4.27. The average molecular weight is 192 g/mol. The standard InChI is InChI=1S/C10H12N2S/c1-10(2,3)8-6-7-9(13-8)12-5-4-11-7/h4-6H,1-3H3. The zero-order valence-corrected chi connectivity index (χ0v) is 8.85. The Morgan fingerprint density at radius 2 is 1.85 bits per heavy atom. The molecule has 0 fully saturated rings. The molecule has 0 aliphatic rings. The van der Waals surface area contributed by atoms with E-state index in [-0.39, 0.29) is 5.41 Å². The number of aromatic nitrogens is 2. The predicted molar refractivity (Wildman–Crippen MR) is 56.1 cm³/mol. The summed E-state index contributed by atoms with van der Waals surface area (Å²) < 4.78 is 0. The molecule has 2 aromatic heterocycles. The maximum absolute atomic E-state index is 4.27. The zero-order valence-electron chi connectivity index (χ0n) is 8.03. The van der Waals surface area contributed by atoms with E-state index in [0.29, 0.717) is 0 Å². The van der Waals surface area contributed by atoms with Gasteiger partial charge in [-0.3, -0.25) is 4.98 Å². The topological polar surface area (TPSA) is 25.8 Å². The van der Waals surface area contributed by atoms with Crippen molar-refractivity contribution in [3.05, 3.63) is 23.3 Å². The molecule has 13 heavy (non-hydrogen) atoms. The van der Waals surface area contributed by atoms with Gasteiger partial charge in [0.2, 0.25) is 0 Å². The van der Waals surface area contributed by atoms with Gasteiger partial charge in [0, 0.05) is 17.3 Å². The van der Waals surface area contributed by atoms with Crippen molar-refractivity contribution in [3.63, 3.8) is 0 Å². The van der Waals surface area contributed by atoms with E-state index in [9.17, 15) is 0 Å². The van der Waals surface area contributed by atoms with E-state index in [1.165, 1.54) is 4.88 Å². The van der Waals surface area contributed by atoms with Crippen LogP contribution in [0.1, 0.15) is 25.6 Å². The molecule has 0 aromatic carbocycles. The molecule has 0 bridgehead atoms. The molecular weight excluding hydrogens is 180 g/mol. The summed E-state index contributed by atoms with van der Waals surface area (Å²) in [5.74, 6) is 0. The molecule has 0 unspecified atom stereocenters. The minimum atomic E-state index is 0.201. The Bertz CT molecular complexity index is 393. The van der Waals surface area contributed by atoms with Crippen molar-refractivity contribution >= 4 is 21.7 Å². The normalized spacial score (nSPS) is 12.2. The second kappa shape index (κ2) is 2.77. The summed E-state index contributed by atoms with van der Waals surface area (Å²) in [7, 11) is 0. The number of hydrogen-bond donors (Lipinski definition) is 0. The van der Waals surface area contributed by atoms with Crippen LogP contribution in [0.3, 0.4) is 0 Å². The lowest BCUT2D eigenvalue weighted by Crippen LogP contribution is -2.07. The van der Waals surface area contributed by atoms with Crippen molar-refractivity contribution < 1.29 is 0 Å². The minimum absolute atomic E-state index is 0.201. The van der Waals surface area contributed by atoms with Gasteiger partial charge in [0.05, 0.1) is 5.52 Å². The molecule has 0 amide bonds. The Morgan fingerprint density at radius 1 is 1.15 bits per heavy atom. The van der Waals surface area contributed by atoms with Gasteiger partial charge in [-0.25, -0.2) is 4.98 Å². The third-order valence-corrected chi connectivity index (χ3v) is 3.36.